The number of fused-ring (bicyclic) bond motifs is 1. The highest BCUT2D eigenvalue weighted by Gasteiger charge is 2.41. The normalized spacial score (nSPS) is 25.8. The predicted octanol–water partition coefficient (Wildman–Crippen LogP) is 0.650. The first-order valence-corrected chi connectivity index (χ1v) is 8.02. The molecule has 0 unspecified atom stereocenters. The van der Waals surface area contributed by atoms with Gasteiger partial charge in [-0.05, 0) is 31.9 Å². The van der Waals surface area contributed by atoms with Crippen LogP contribution in [0.2, 0.25) is 0 Å². The summed E-state index contributed by atoms with van der Waals surface area (Å²) in [6.07, 6.45) is 2.12. The highest BCUT2D eigenvalue weighted by atomic mass is 16.2. The third kappa shape index (κ3) is 3.14. The van der Waals surface area contributed by atoms with E-state index in [2.05, 4.69) is 34.5 Å². The number of piperazine rings is 2. The van der Waals surface area contributed by atoms with Gasteiger partial charge in [-0.3, -0.25) is 14.5 Å². The molecule has 0 spiro atoms. The number of aryl methyl sites for hydroxylation is 1. The summed E-state index contributed by atoms with van der Waals surface area (Å²) in [6, 6.07) is 9.75. The topological polar surface area (TPSA) is 52.7 Å². The third-order valence-corrected chi connectivity index (χ3v) is 4.56. The van der Waals surface area contributed by atoms with Gasteiger partial charge in [0.25, 0.3) is 0 Å². The fraction of sp³-hybridized carbons (Fsp3) is 0.529. The number of hydrogen-bond donors (Lipinski definition) is 1. The van der Waals surface area contributed by atoms with Crippen LogP contribution in [0.1, 0.15) is 18.9 Å². The fourth-order valence-corrected chi connectivity index (χ4v) is 3.30. The van der Waals surface area contributed by atoms with Crippen LogP contribution in [0, 0.1) is 0 Å². The van der Waals surface area contributed by atoms with E-state index in [-0.39, 0.29) is 23.9 Å². The first-order valence-electron chi connectivity index (χ1n) is 8.02. The summed E-state index contributed by atoms with van der Waals surface area (Å²) in [5.41, 5.74) is 1.35. The lowest BCUT2D eigenvalue weighted by Gasteiger charge is -2.44. The van der Waals surface area contributed by atoms with Crippen LogP contribution in [0.5, 0.6) is 0 Å². The molecule has 0 aliphatic carbocycles. The standard InChI is InChI=1S/C17H23N3O2/c1-13-17(22)20-11-10-19(12-15(20)16(21)18-13)9-5-8-14-6-3-2-4-7-14/h2-4,6-7,13,15H,5,8-12H2,1H3,(H,18,21)/t13-,15-/m1/s1. The van der Waals surface area contributed by atoms with Gasteiger partial charge in [-0.1, -0.05) is 30.3 Å². The van der Waals surface area contributed by atoms with E-state index in [0.29, 0.717) is 13.1 Å². The van der Waals surface area contributed by atoms with Gasteiger partial charge in [0.05, 0.1) is 0 Å². The summed E-state index contributed by atoms with van der Waals surface area (Å²) in [7, 11) is 0. The zero-order chi connectivity index (χ0) is 15.5. The van der Waals surface area contributed by atoms with E-state index in [1.54, 1.807) is 11.8 Å². The maximum absolute atomic E-state index is 12.1. The molecule has 2 saturated heterocycles. The second-order valence-electron chi connectivity index (χ2n) is 6.17. The molecule has 0 bridgehead atoms. The molecule has 0 aromatic heterocycles. The number of benzene rings is 1. The minimum absolute atomic E-state index is 0.0140. The smallest absolute Gasteiger partial charge is 0.245 e. The first-order chi connectivity index (χ1) is 10.6. The van der Waals surface area contributed by atoms with Crippen molar-refractivity contribution in [3.8, 4) is 0 Å². The van der Waals surface area contributed by atoms with Crippen LogP contribution in [0.4, 0.5) is 0 Å². The van der Waals surface area contributed by atoms with E-state index in [1.807, 2.05) is 6.07 Å². The molecule has 2 fully saturated rings. The molecular weight excluding hydrogens is 278 g/mol. The lowest BCUT2D eigenvalue weighted by atomic mass is 10.0. The Kier molecular flexibility index (Phi) is 4.43. The van der Waals surface area contributed by atoms with Crippen LogP contribution < -0.4 is 5.32 Å². The van der Waals surface area contributed by atoms with Crippen molar-refractivity contribution in [1.29, 1.82) is 0 Å². The summed E-state index contributed by atoms with van der Waals surface area (Å²) >= 11 is 0. The molecule has 0 radical (unpaired) electrons. The zero-order valence-corrected chi connectivity index (χ0v) is 13.0. The largest absolute Gasteiger partial charge is 0.343 e. The van der Waals surface area contributed by atoms with Gasteiger partial charge in [0, 0.05) is 19.6 Å². The SMILES string of the molecule is C[C@H]1NC(=O)[C@H]2CN(CCCc3ccccc3)CCN2C1=O. The van der Waals surface area contributed by atoms with Gasteiger partial charge in [0.1, 0.15) is 12.1 Å². The van der Waals surface area contributed by atoms with Gasteiger partial charge >= 0.3 is 0 Å². The fourth-order valence-electron chi connectivity index (χ4n) is 3.30. The second-order valence-corrected chi connectivity index (χ2v) is 6.17. The van der Waals surface area contributed by atoms with E-state index in [1.165, 1.54) is 5.56 Å². The Morgan fingerprint density at radius 2 is 1.95 bits per heavy atom. The van der Waals surface area contributed by atoms with E-state index < -0.39 is 0 Å². The van der Waals surface area contributed by atoms with Crippen molar-refractivity contribution in [3.63, 3.8) is 0 Å². The van der Waals surface area contributed by atoms with Gasteiger partial charge in [0.2, 0.25) is 11.8 Å². The van der Waals surface area contributed by atoms with Crippen molar-refractivity contribution in [2.24, 2.45) is 0 Å². The summed E-state index contributed by atoms with van der Waals surface area (Å²) in [5.74, 6) is 0.0356. The predicted molar refractivity (Wildman–Crippen MR) is 84.3 cm³/mol. The molecule has 5 nitrogen and oxygen atoms in total. The lowest BCUT2D eigenvalue weighted by Crippen LogP contribution is -2.68. The van der Waals surface area contributed by atoms with Crippen molar-refractivity contribution in [2.75, 3.05) is 26.2 Å². The van der Waals surface area contributed by atoms with Gasteiger partial charge < -0.3 is 10.2 Å². The maximum atomic E-state index is 12.1. The molecule has 3 rings (SSSR count). The van der Waals surface area contributed by atoms with Crippen LogP contribution in [0.3, 0.4) is 0 Å². The average Bonchev–Trinajstić information content (AvgIpc) is 2.54. The quantitative estimate of drug-likeness (QED) is 0.888. The van der Waals surface area contributed by atoms with Crippen molar-refractivity contribution in [1.82, 2.24) is 15.1 Å². The van der Waals surface area contributed by atoms with Gasteiger partial charge in [-0.2, -0.15) is 0 Å². The summed E-state index contributed by atoms with van der Waals surface area (Å²) < 4.78 is 0. The van der Waals surface area contributed by atoms with E-state index >= 15 is 0 Å². The molecule has 2 aliphatic rings. The van der Waals surface area contributed by atoms with Crippen LogP contribution >= 0.6 is 0 Å². The molecule has 2 atom stereocenters. The highest BCUT2D eigenvalue weighted by Crippen LogP contribution is 2.16. The lowest BCUT2D eigenvalue weighted by molar-refractivity contribution is -0.152. The Morgan fingerprint density at radius 1 is 1.18 bits per heavy atom. The van der Waals surface area contributed by atoms with Crippen LogP contribution in [-0.2, 0) is 16.0 Å². The molecule has 22 heavy (non-hydrogen) atoms. The van der Waals surface area contributed by atoms with Gasteiger partial charge in [-0.25, -0.2) is 0 Å². The average molecular weight is 301 g/mol. The number of carbonyl (C=O) groups excluding carboxylic acids is 2. The molecule has 1 aromatic rings. The highest BCUT2D eigenvalue weighted by molar-refractivity contribution is 5.97. The monoisotopic (exact) mass is 301 g/mol. The second kappa shape index (κ2) is 6.48. The molecular formula is C17H23N3O2. The Bertz CT molecular complexity index is 546. The third-order valence-electron chi connectivity index (χ3n) is 4.56. The molecule has 2 aliphatic heterocycles. The van der Waals surface area contributed by atoms with Crippen LogP contribution in [0.15, 0.2) is 30.3 Å². The van der Waals surface area contributed by atoms with Gasteiger partial charge in [-0.15, -0.1) is 0 Å². The Balaban J connectivity index is 1.51. The summed E-state index contributed by atoms with van der Waals surface area (Å²) in [6.45, 7) is 4.89. The van der Waals surface area contributed by atoms with Crippen molar-refractivity contribution in [2.45, 2.75) is 31.8 Å². The molecule has 2 amide bonds. The minimum Gasteiger partial charge on any atom is -0.343 e. The van der Waals surface area contributed by atoms with Crippen molar-refractivity contribution < 1.29 is 9.59 Å². The number of nitrogens with zero attached hydrogens (tertiary/aromatic N) is 2. The van der Waals surface area contributed by atoms with Crippen molar-refractivity contribution >= 4 is 11.8 Å². The number of hydrogen-bond acceptors (Lipinski definition) is 3. The molecule has 1 aromatic carbocycles. The minimum atomic E-state index is -0.381. The van der Waals surface area contributed by atoms with Crippen LogP contribution in [0.25, 0.3) is 0 Å². The maximum Gasteiger partial charge on any atom is 0.245 e. The van der Waals surface area contributed by atoms with E-state index in [0.717, 1.165) is 25.9 Å². The molecule has 1 N–H and O–H groups in total. The Labute approximate surface area is 131 Å². The number of nitrogens with one attached hydrogen (secondary N) is 1. The molecule has 5 heteroatoms. The van der Waals surface area contributed by atoms with Crippen molar-refractivity contribution in [3.05, 3.63) is 35.9 Å². The van der Waals surface area contributed by atoms with E-state index in [4.69, 9.17) is 0 Å². The molecule has 2 heterocycles. The summed E-state index contributed by atoms with van der Waals surface area (Å²) in [4.78, 5) is 28.2. The number of carbonyl (C=O) groups is 2. The van der Waals surface area contributed by atoms with E-state index in [9.17, 15) is 9.59 Å². The number of rotatable bonds is 4. The summed E-state index contributed by atoms with van der Waals surface area (Å²) in [5, 5.41) is 2.77. The molecule has 118 valence electrons. The van der Waals surface area contributed by atoms with Crippen LogP contribution in [-0.4, -0.2) is 59.9 Å². The van der Waals surface area contributed by atoms with Gasteiger partial charge in [0.15, 0.2) is 0 Å². The molecule has 0 saturated carbocycles. The zero-order valence-electron chi connectivity index (χ0n) is 13.0. The Morgan fingerprint density at radius 3 is 2.73 bits per heavy atom. The number of amides is 2. The first kappa shape index (κ1) is 15.0. The Hall–Kier alpha value is -1.88.